The first-order valence-electron chi connectivity index (χ1n) is 9.90. The first-order chi connectivity index (χ1) is 13.7. The number of para-hydroxylation sites is 1. The molecule has 8 nitrogen and oxygen atoms in total. The lowest BCUT2D eigenvalue weighted by Crippen LogP contribution is -2.47. The van der Waals surface area contributed by atoms with Crippen LogP contribution in [0.15, 0.2) is 18.2 Å². The van der Waals surface area contributed by atoms with Crippen LogP contribution in [0.4, 0.5) is 10.5 Å². The summed E-state index contributed by atoms with van der Waals surface area (Å²) in [6.07, 6.45) is 2.47. The molecule has 0 aliphatic carbocycles. The minimum atomic E-state index is -0.958. The van der Waals surface area contributed by atoms with E-state index in [1.165, 1.54) is 0 Å². The number of ether oxygens (including phenoxy) is 1. The minimum absolute atomic E-state index is 0.414. The van der Waals surface area contributed by atoms with E-state index in [1.807, 2.05) is 45.9 Å². The van der Waals surface area contributed by atoms with Crippen molar-refractivity contribution in [3.05, 3.63) is 29.3 Å². The Hall–Kier alpha value is -2.90. The van der Waals surface area contributed by atoms with Gasteiger partial charge in [-0.25, -0.2) is 4.79 Å². The standard InChI is InChI=1S/C21H29N3O5/c1-5-10-21(11-6-2)19(27)24(20(28)23-21)12-17(26)29-13-16(25)22-18-14(3)8-7-9-15(18)4/h7-9H,5-6,10-13H2,1-4H3,(H,22,25)(H,23,28). The van der Waals surface area contributed by atoms with Gasteiger partial charge in [-0.1, -0.05) is 44.9 Å². The van der Waals surface area contributed by atoms with Crippen molar-refractivity contribution in [1.29, 1.82) is 0 Å². The predicted octanol–water partition coefficient (Wildman–Crippen LogP) is 2.68. The summed E-state index contributed by atoms with van der Waals surface area (Å²) in [7, 11) is 0. The number of rotatable bonds is 9. The fourth-order valence-corrected chi connectivity index (χ4v) is 3.65. The number of nitrogens with zero attached hydrogens (tertiary/aromatic N) is 1. The Kier molecular flexibility index (Phi) is 7.36. The topological polar surface area (TPSA) is 105 Å². The van der Waals surface area contributed by atoms with Crippen LogP contribution < -0.4 is 10.6 Å². The molecule has 0 spiro atoms. The summed E-state index contributed by atoms with van der Waals surface area (Å²) < 4.78 is 4.98. The molecule has 1 aromatic carbocycles. The monoisotopic (exact) mass is 403 g/mol. The SMILES string of the molecule is CCCC1(CCC)NC(=O)N(CC(=O)OCC(=O)Nc2c(C)cccc2C)C1=O. The van der Waals surface area contributed by atoms with E-state index < -0.39 is 42.5 Å². The van der Waals surface area contributed by atoms with Crippen molar-refractivity contribution in [1.82, 2.24) is 10.2 Å². The Morgan fingerprint density at radius 3 is 2.24 bits per heavy atom. The van der Waals surface area contributed by atoms with E-state index in [1.54, 1.807) is 0 Å². The van der Waals surface area contributed by atoms with Crippen molar-refractivity contribution in [2.75, 3.05) is 18.5 Å². The molecule has 0 atom stereocenters. The number of anilines is 1. The number of hydrogen-bond donors (Lipinski definition) is 2. The average Bonchev–Trinajstić information content (AvgIpc) is 2.88. The largest absolute Gasteiger partial charge is 0.454 e. The highest BCUT2D eigenvalue weighted by atomic mass is 16.5. The van der Waals surface area contributed by atoms with Crippen molar-refractivity contribution in [3.63, 3.8) is 0 Å². The molecular formula is C21H29N3O5. The molecule has 0 saturated carbocycles. The molecule has 0 bridgehead atoms. The van der Waals surface area contributed by atoms with Gasteiger partial charge in [0, 0.05) is 5.69 Å². The molecule has 1 aliphatic rings. The van der Waals surface area contributed by atoms with Crippen LogP contribution in [0.5, 0.6) is 0 Å². The number of hydrogen-bond acceptors (Lipinski definition) is 5. The van der Waals surface area contributed by atoms with Gasteiger partial charge in [0.2, 0.25) is 0 Å². The number of carbonyl (C=O) groups excluding carboxylic acids is 4. The van der Waals surface area contributed by atoms with E-state index in [9.17, 15) is 19.2 Å². The lowest BCUT2D eigenvalue weighted by molar-refractivity contribution is -0.150. The van der Waals surface area contributed by atoms with Crippen LogP contribution in [0.25, 0.3) is 0 Å². The number of aryl methyl sites for hydroxylation is 2. The molecule has 0 radical (unpaired) electrons. The summed E-state index contributed by atoms with van der Waals surface area (Å²) in [5.74, 6) is -1.71. The number of carbonyl (C=O) groups is 4. The summed E-state index contributed by atoms with van der Waals surface area (Å²) in [5.41, 5.74) is 1.51. The Balaban J connectivity index is 1.92. The van der Waals surface area contributed by atoms with Gasteiger partial charge in [-0.2, -0.15) is 0 Å². The Labute approximate surface area is 171 Å². The first kappa shape index (κ1) is 22.4. The normalized spacial score (nSPS) is 15.2. The van der Waals surface area contributed by atoms with Crippen LogP contribution >= 0.6 is 0 Å². The maximum atomic E-state index is 12.8. The van der Waals surface area contributed by atoms with E-state index in [4.69, 9.17) is 4.74 Å². The molecule has 29 heavy (non-hydrogen) atoms. The molecule has 0 unspecified atom stereocenters. The zero-order valence-corrected chi connectivity index (χ0v) is 17.5. The number of urea groups is 1. The third-order valence-electron chi connectivity index (χ3n) is 5.00. The van der Waals surface area contributed by atoms with E-state index in [2.05, 4.69) is 10.6 Å². The third-order valence-corrected chi connectivity index (χ3v) is 5.00. The fraction of sp³-hybridized carbons (Fsp3) is 0.524. The van der Waals surface area contributed by atoms with Crippen molar-refractivity contribution in [2.24, 2.45) is 0 Å². The molecular weight excluding hydrogens is 374 g/mol. The van der Waals surface area contributed by atoms with Gasteiger partial charge >= 0.3 is 12.0 Å². The van der Waals surface area contributed by atoms with Gasteiger partial charge in [0.15, 0.2) is 6.61 Å². The Morgan fingerprint density at radius 1 is 1.10 bits per heavy atom. The van der Waals surface area contributed by atoms with Crippen molar-refractivity contribution < 1.29 is 23.9 Å². The van der Waals surface area contributed by atoms with Gasteiger partial charge in [0.05, 0.1) is 0 Å². The van der Waals surface area contributed by atoms with Crippen LogP contribution in [0.3, 0.4) is 0 Å². The summed E-state index contributed by atoms with van der Waals surface area (Å²) in [4.78, 5) is 50.1. The van der Waals surface area contributed by atoms with E-state index in [0.29, 0.717) is 18.5 Å². The molecule has 1 heterocycles. The number of benzene rings is 1. The Bertz CT molecular complexity index is 779. The first-order valence-corrected chi connectivity index (χ1v) is 9.90. The van der Waals surface area contributed by atoms with Crippen molar-refractivity contribution >= 4 is 29.5 Å². The van der Waals surface area contributed by atoms with E-state index in [0.717, 1.165) is 28.9 Å². The Morgan fingerprint density at radius 2 is 1.69 bits per heavy atom. The van der Waals surface area contributed by atoms with Crippen LogP contribution in [0, 0.1) is 13.8 Å². The summed E-state index contributed by atoms with van der Waals surface area (Å²) in [6.45, 7) is 6.59. The van der Waals surface area contributed by atoms with Gasteiger partial charge in [0.1, 0.15) is 12.1 Å². The van der Waals surface area contributed by atoms with Gasteiger partial charge in [-0.3, -0.25) is 19.3 Å². The number of amides is 4. The molecule has 8 heteroatoms. The predicted molar refractivity (Wildman–Crippen MR) is 108 cm³/mol. The maximum Gasteiger partial charge on any atom is 0.326 e. The fourth-order valence-electron chi connectivity index (χ4n) is 3.65. The summed E-state index contributed by atoms with van der Waals surface area (Å²) in [6, 6.07) is 5.01. The van der Waals surface area contributed by atoms with Crippen LogP contribution in [-0.2, 0) is 19.1 Å². The molecule has 1 saturated heterocycles. The molecule has 2 N–H and O–H groups in total. The highest BCUT2D eigenvalue weighted by molar-refractivity contribution is 6.08. The summed E-state index contributed by atoms with van der Waals surface area (Å²) in [5, 5.41) is 5.45. The molecule has 4 amide bonds. The van der Waals surface area contributed by atoms with Gasteiger partial charge in [0.25, 0.3) is 11.8 Å². The molecule has 1 aromatic rings. The summed E-state index contributed by atoms with van der Waals surface area (Å²) >= 11 is 0. The second-order valence-electron chi connectivity index (χ2n) is 7.38. The number of esters is 1. The zero-order valence-electron chi connectivity index (χ0n) is 17.5. The van der Waals surface area contributed by atoms with Gasteiger partial charge in [-0.15, -0.1) is 0 Å². The third kappa shape index (κ3) is 5.13. The minimum Gasteiger partial charge on any atom is -0.454 e. The lowest BCUT2D eigenvalue weighted by Gasteiger charge is -2.25. The number of nitrogens with one attached hydrogen (secondary N) is 2. The molecule has 0 aromatic heterocycles. The molecule has 1 aliphatic heterocycles. The second kappa shape index (κ2) is 9.54. The van der Waals surface area contributed by atoms with Crippen LogP contribution in [0.1, 0.15) is 50.7 Å². The molecule has 158 valence electrons. The number of imide groups is 1. The van der Waals surface area contributed by atoms with Crippen LogP contribution in [0.2, 0.25) is 0 Å². The smallest absolute Gasteiger partial charge is 0.326 e. The van der Waals surface area contributed by atoms with Crippen molar-refractivity contribution in [2.45, 2.75) is 58.9 Å². The zero-order chi connectivity index (χ0) is 21.6. The highest BCUT2D eigenvalue weighted by Gasteiger charge is 2.50. The second-order valence-corrected chi connectivity index (χ2v) is 7.38. The van der Waals surface area contributed by atoms with E-state index in [-0.39, 0.29) is 0 Å². The average molecular weight is 403 g/mol. The molecule has 2 rings (SSSR count). The highest BCUT2D eigenvalue weighted by Crippen LogP contribution is 2.28. The lowest BCUT2D eigenvalue weighted by atomic mass is 9.88. The van der Waals surface area contributed by atoms with Gasteiger partial charge < -0.3 is 15.4 Å². The van der Waals surface area contributed by atoms with Crippen molar-refractivity contribution in [3.8, 4) is 0 Å². The quantitative estimate of drug-likeness (QED) is 0.487. The van der Waals surface area contributed by atoms with Crippen LogP contribution in [-0.4, -0.2) is 47.4 Å². The molecule has 1 fully saturated rings. The van der Waals surface area contributed by atoms with Gasteiger partial charge in [-0.05, 0) is 37.8 Å². The maximum absolute atomic E-state index is 12.8. The van der Waals surface area contributed by atoms with E-state index >= 15 is 0 Å².